The number of methoxy groups -OCH3 is 4. The number of carbonyl (C=O) groups is 1. The lowest BCUT2D eigenvalue weighted by Gasteiger charge is -2.27. The van der Waals surface area contributed by atoms with E-state index in [-0.39, 0.29) is 28.7 Å². The smallest absolute Gasteiger partial charge is 0.265 e. The standard InChI is InChI=1S/C28H34N2O8S/c1-19-9-7-8-10-24(19)38-18-20(2)29-28(31)17-30(23-15-21(34-3)11-13-25(23)35-4)39(32,33)22-12-14-26(36-5)27(16-22)37-6/h7-16,20H,17-18H2,1-6H3,(H,29,31). The first-order valence-corrected chi connectivity index (χ1v) is 13.5. The van der Waals surface area contributed by atoms with Gasteiger partial charge in [0.15, 0.2) is 11.5 Å². The molecule has 0 fully saturated rings. The molecule has 3 aromatic carbocycles. The van der Waals surface area contributed by atoms with Crippen LogP contribution in [0.5, 0.6) is 28.7 Å². The second-order valence-electron chi connectivity index (χ2n) is 8.61. The summed E-state index contributed by atoms with van der Waals surface area (Å²) < 4.78 is 56.0. The zero-order chi connectivity index (χ0) is 28.6. The van der Waals surface area contributed by atoms with Gasteiger partial charge in [-0.3, -0.25) is 9.10 Å². The molecule has 0 aliphatic rings. The number of nitrogens with one attached hydrogen (secondary N) is 1. The van der Waals surface area contributed by atoms with Crippen molar-refractivity contribution in [3.8, 4) is 28.7 Å². The summed E-state index contributed by atoms with van der Waals surface area (Å²) in [6.07, 6.45) is 0. The summed E-state index contributed by atoms with van der Waals surface area (Å²) in [5.74, 6) is 1.38. The molecule has 1 atom stereocenters. The maximum Gasteiger partial charge on any atom is 0.265 e. The van der Waals surface area contributed by atoms with Crippen LogP contribution < -0.4 is 33.3 Å². The molecule has 0 spiro atoms. The normalized spacial score (nSPS) is 11.7. The maximum absolute atomic E-state index is 14.0. The lowest BCUT2D eigenvalue weighted by atomic mass is 10.2. The van der Waals surface area contributed by atoms with Crippen LogP contribution in [0.4, 0.5) is 5.69 Å². The van der Waals surface area contributed by atoms with Gasteiger partial charge in [0.05, 0.1) is 45.1 Å². The van der Waals surface area contributed by atoms with Crippen molar-refractivity contribution in [2.45, 2.75) is 24.8 Å². The fourth-order valence-corrected chi connectivity index (χ4v) is 5.26. The molecule has 0 radical (unpaired) electrons. The van der Waals surface area contributed by atoms with E-state index in [0.717, 1.165) is 9.87 Å². The van der Waals surface area contributed by atoms with E-state index in [1.807, 2.05) is 31.2 Å². The Morgan fingerprint density at radius 3 is 2.15 bits per heavy atom. The zero-order valence-corrected chi connectivity index (χ0v) is 23.7. The number of hydrogen-bond donors (Lipinski definition) is 1. The molecule has 1 N–H and O–H groups in total. The van der Waals surface area contributed by atoms with Crippen LogP contribution in [0.25, 0.3) is 0 Å². The molecule has 39 heavy (non-hydrogen) atoms. The minimum Gasteiger partial charge on any atom is -0.497 e. The summed E-state index contributed by atoms with van der Waals surface area (Å²) in [6.45, 7) is 3.36. The van der Waals surface area contributed by atoms with Crippen molar-refractivity contribution in [2.75, 3.05) is 45.9 Å². The van der Waals surface area contributed by atoms with Crippen molar-refractivity contribution in [1.29, 1.82) is 0 Å². The van der Waals surface area contributed by atoms with Gasteiger partial charge < -0.3 is 29.0 Å². The Bertz CT molecular complexity index is 1390. The van der Waals surface area contributed by atoms with Gasteiger partial charge >= 0.3 is 0 Å². The average Bonchev–Trinajstić information content (AvgIpc) is 2.94. The third-order valence-corrected chi connectivity index (χ3v) is 7.63. The zero-order valence-electron chi connectivity index (χ0n) is 22.9. The lowest BCUT2D eigenvalue weighted by molar-refractivity contribution is -0.120. The van der Waals surface area contributed by atoms with Crippen molar-refractivity contribution in [3.63, 3.8) is 0 Å². The topological polar surface area (TPSA) is 113 Å². The van der Waals surface area contributed by atoms with E-state index in [2.05, 4.69) is 5.32 Å². The van der Waals surface area contributed by atoms with Crippen LogP contribution in [-0.4, -0.2) is 62.0 Å². The Morgan fingerprint density at radius 1 is 0.846 bits per heavy atom. The highest BCUT2D eigenvalue weighted by Gasteiger charge is 2.31. The first-order chi connectivity index (χ1) is 18.6. The third-order valence-electron chi connectivity index (χ3n) is 5.87. The molecule has 10 nitrogen and oxygen atoms in total. The minimum atomic E-state index is -4.29. The predicted octanol–water partition coefficient (Wildman–Crippen LogP) is 3.81. The molecule has 1 amide bonds. The molecule has 0 saturated heterocycles. The monoisotopic (exact) mass is 558 g/mol. The van der Waals surface area contributed by atoms with Crippen LogP contribution in [0.1, 0.15) is 12.5 Å². The molecular formula is C28H34N2O8S. The summed E-state index contributed by atoms with van der Waals surface area (Å²) in [6, 6.07) is 16.0. The third kappa shape index (κ3) is 7.05. The molecular weight excluding hydrogens is 524 g/mol. The van der Waals surface area contributed by atoms with Crippen molar-refractivity contribution in [2.24, 2.45) is 0 Å². The number of amides is 1. The Morgan fingerprint density at radius 2 is 1.51 bits per heavy atom. The number of hydrogen-bond acceptors (Lipinski definition) is 8. The summed E-state index contributed by atoms with van der Waals surface area (Å²) in [7, 11) is 1.44. The van der Waals surface area contributed by atoms with Crippen molar-refractivity contribution >= 4 is 21.6 Å². The molecule has 0 heterocycles. The Balaban J connectivity index is 1.93. The molecule has 210 valence electrons. The SMILES string of the molecule is COc1ccc(OC)c(N(CC(=O)NC(C)COc2ccccc2C)S(=O)(=O)c2ccc(OC)c(OC)c2)c1. The molecule has 0 bridgehead atoms. The summed E-state index contributed by atoms with van der Waals surface area (Å²) >= 11 is 0. The number of ether oxygens (including phenoxy) is 5. The summed E-state index contributed by atoms with van der Waals surface area (Å²) in [4.78, 5) is 13.1. The minimum absolute atomic E-state index is 0.103. The highest BCUT2D eigenvalue weighted by molar-refractivity contribution is 7.92. The quantitative estimate of drug-likeness (QED) is 0.337. The lowest BCUT2D eigenvalue weighted by Crippen LogP contribution is -2.45. The molecule has 0 aliphatic carbocycles. The second kappa shape index (κ2) is 13.1. The van der Waals surface area contributed by atoms with E-state index < -0.39 is 28.5 Å². The number of benzene rings is 3. The van der Waals surface area contributed by atoms with Gasteiger partial charge in [-0.2, -0.15) is 0 Å². The highest BCUT2D eigenvalue weighted by atomic mass is 32.2. The molecule has 0 aromatic heterocycles. The van der Waals surface area contributed by atoms with Gasteiger partial charge in [0.25, 0.3) is 10.0 Å². The Kier molecular flexibility index (Phi) is 9.89. The van der Waals surface area contributed by atoms with Gasteiger partial charge in [0, 0.05) is 12.1 Å². The van der Waals surface area contributed by atoms with Crippen LogP contribution in [0.15, 0.2) is 65.6 Å². The Hall–Kier alpha value is -4.12. The fourth-order valence-electron chi connectivity index (χ4n) is 3.82. The molecule has 0 saturated carbocycles. The fraction of sp³-hybridized carbons (Fsp3) is 0.321. The molecule has 11 heteroatoms. The van der Waals surface area contributed by atoms with Gasteiger partial charge in [0.2, 0.25) is 5.91 Å². The molecule has 3 rings (SSSR count). The molecule has 3 aromatic rings. The largest absolute Gasteiger partial charge is 0.497 e. The molecule has 1 unspecified atom stereocenters. The number of para-hydroxylation sites is 1. The maximum atomic E-state index is 14.0. The van der Waals surface area contributed by atoms with Crippen molar-refractivity contribution in [1.82, 2.24) is 5.32 Å². The van der Waals surface area contributed by atoms with Crippen molar-refractivity contribution < 1.29 is 36.9 Å². The van der Waals surface area contributed by atoms with E-state index in [9.17, 15) is 13.2 Å². The van der Waals surface area contributed by atoms with Gasteiger partial charge in [-0.15, -0.1) is 0 Å². The van der Waals surface area contributed by atoms with Crippen LogP contribution >= 0.6 is 0 Å². The molecule has 0 aliphatic heterocycles. The first-order valence-electron chi connectivity index (χ1n) is 12.1. The highest BCUT2D eigenvalue weighted by Crippen LogP contribution is 2.37. The van der Waals surface area contributed by atoms with E-state index in [0.29, 0.717) is 17.2 Å². The predicted molar refractivity (Wildman–Crippen MR) is 148 cm³/mol. The van der Waals surface area contributed by atoms with Gasteiger partial charge in [-0.05, 0) is 49.7 Å². The van der Waals surface area contributed by atoms with E-state index in [1.54, 1.807) is 19.1 Å². The number of anilines is 1. The second-order valence-corrected chi connectivity index (χ2v) is 10.5. The summed E-state index contributed by atoms with van der Waals surface area (Å²) in [5.41, 5.74) is 1.10. The van der Waals surface area contributed by atoms with Gasteiger partial charge in [-0.1, -0.05) is 18.2 Å². The van der Waals surface area contributed by atoms with E-state index in [4.69, 9.17) is 23.7 Å². The van der Waals surface area contributed by atoms with E-state index in [1.165, 1.54) is 52.7 Å². The average molecular weight is 559 g/mol. The van der Waals surface area contributed by atoms with E-state index >= 15 is 0 Å². The Labute approximate surface area is 229 Å². The number of aryl methyl sites for hydroxylation is 1. The van der Waals surface area contributed by atoms with Gasteiger partial charge in [-0.25, -0.2) is 8.42 Å². The number of nitrogens with zero attached hydrogens (tertiary/aromatic N) is 1. The summed E-state index contributed by atoms with van der Waals surface area (Å²) in [5, 5.41) is 2.81. The van der Waals surface area contributed by atoms with Crippen LogP contribution in [0, 0.1) is 6.92 Å². The van der Waals surface area contributed by atoms with Crippen molar-refractivity contribution in [3.05, 3.63) is 66.2 Å². The van der Waals surface area contributed by atoms with Crippen LogP contribution in [-0.2, 0) is 14.8 Å². The number of rotatable bonds is 13. The van der Waals surface area contributed by atoms with Crippen LogP contribution in [0.2, 0.25) is 0 Å². The van der Waals surface area contributed by atoms with Gasteiger partial charge in [0.1, 0.15) is 30.4 Å². The first kappa shape index (κ1) is 29.4. The van der Waals surface area contributed by atoms with Crippen LogP contribution in [0.3, 0.4) is 0 Å². The number of sulfonamides is 1. The number of carbonyl (C=O) groups excluding carboxylic acids is 1.